The molecule has 2 aromatic heterocycles. The molecule has 5 nitrogen and oxygen atoms in total. The van der Waals surface area contributed by atoms with E-state index in [2.05, 4.69) is 47.1 Å². The summed E-state index contributed by atoms with van der Waals surface area (Å²) in [6.07, 6.45) is 4.06. The topological polar surface area (TPSA) is 51.3 Å². The van der Waals surface area contributed by atoms with Gasteiger partial charge >= 0.3 is 5.76 Å². The van der Waals surface area contributed by atoms with Gasteiger partial charge in [-0.2, -0.15) is 0 Å². The molecule has 3 aromatic rings. The van der Waals surface area contributed by atoms with Crippen molar-refractivity contribution >= 4 is 11.2 Å². The lowest BCUT2D eigenvalue weighted by Crippen LogP contribution is -2.45. The van der Waals surface area contributed by atoms with Crippen molar-refractivity contribution in [3.05, 3.63) is 64.8 Å². The number of hydrogen-bond acceptors (Lipinski definition) is 4. The minimum absolute atomic E-state index is 0.168. The minimum atomic E-state index is -0.323. The van der Waals surface area contributed by atoms with Crippen LogP contribution in [0.25, 0.3) is 11.2 Å². The molecule has 25 heavy (non-hydrogen) atoms. The molecule has 0 radical (unpaired) electrons. The molecule has 4 rings (SSSR count). The van der Waals surface area contributed by atoms with Gasteiger partial charge in [0.25, 0.3) is 0 Å². The van der Waals surface area contributed by atoms with Crippen molar-refractivity contribution in [1.82, 2.24) is 14.5 Å². The average molecular weight is 337 g/mol. The summed E-state index contributed by atoms with van der Waals surface area (Å²) in [5.74, 6) is -0.323. The number of fused-ring (bicyclic) bond motifs is 1. The van der Waals surface area contributed by atoms with Gasteiger partial charge in [0.15, 0.2) is 11.2 Å². The maximum atomic E-state index is 12.1. The first kappa shape index (κ1) is 16.1. The maximum Gasteiger partial charge on any atom is 0.421 e. The molecular formula is C20H23N3O2. The number of piperidine rings is 1. The summed E-state index contributed by atoms with van der Waals surface area (Å²) < 4.78 is 6.92. The van der Waals surface area contributed by atoms with Crippen LogP contribution in [0.1, 0.15) is 25.3 Å². The Morgan fingerprint density at radius 1 is 1.16 bits per heavy atom. The second kappa shape index (κ2) is 6.48. The number of hydrogen-bond donors (Lipinski definition) is 0. The first-order valence-corrected chi connectivity index (χ1v) is 8.88. The number of benzene rings is 1. The lowest BCUT2D eigenvalue weighted by Gasteiger charge is -2.41. The van der Waals surface area contributed by atoms with Gasteiger partial charge in [-0.05, 0) is 37.1 Å². The first-order chi connectivity index (χ1) is 12.2. The Kier molecular flexibility index (Phi) is 4.17. The van der Waals surface area contributed by atoms with Crippen LogP contribution < -0.4 is 5.76 Å². The third-order valence-electron chi connectivity index (χ3n) is 5.31. The highest BCUT2D eigenvalue weighted by molar-refractivity contribution is 5.67. The molecule has 1 aromatic carbocycles. The van der Waals surface area contributed by atoms with Gasteiger partial charge in [-0.3, -0.25) is 4.57 Å². The summed E-state index contributed by atoms with van der Waals surface area (Å²) in [5.41, 5.74) is 2.75. The highest BCUT2D eigenvalue weighted by Crippen LogP contribution is 2.33. The molecule has 0 aliphatic carbocycles. The molecule has 5 heteroatoms. The van der Waals surface area contributed by atoms with Crippen molar-refractivity contribution in [2.45, 2.75) is 31.7 Å². The highest BCUT2D eigenvalue weighted by Gasteiger charge is 2.32. The van der Waals surface area contributed by atoms with Gasteiger partial charge < -0.3 is 9.32 Å². The SMILES string of the molecule is CC1(c2ccccc2)CCCN(CCn2c(=O)oc3cccnc32)C1. The van der Waals surface area contributed by atoms with E-state index in [4.69, 9.17) is 4.42 Å². The Balaban J connectivity index is 1.49. The minimum Gasteiger partial charge on any atom is -0.406 e. The molecular weight excluding hydrogens is 314 g/mol. The van der Waals surface area contributed by atoms with E-state index in [1.165, 1.54) is 18.4 Å². The third-order valence-corrected chi connectivity index (χ3v) is 5.31. The highest BCUT2D eigenvalue weighted by atomic mass is 16.4. The van der Waals surface area contributed by atoms with Gasteiger partial charge in [0.2, 0.25) is 0 Å². The van der Waals surface area contributed by atoms with Crippen molar-refractivity contribution in [2.24, 2.45) is 0 Å². The summed E-state index contributed by atoms with van der Waals surface area (Å²) in [7, 11) is 0. The number of aromatic nitrogens is 2. The molecule has 0 N–H and O–H groups in total. The zero-order valence-corrected chi connectivity index (χ0v) is 14.5. The van der Waals surface area contributed by atoms with Gasteiger partial charge in [0.1, 0.15) is 0 Å². The lowest BCUT2D eigenvalue weighted by molar-refractivity contribution is 0.151. The summed E-state index contributed by atoms with van der Waals surface area (Å²) in [4.78, 5) is 18.8. The molecule has 1 unspecified atom stereocenters. The van der Waals surface area contributed by atoms with E-state index in [1.54, 1.807) is 22.9 Å². The maximum absolute atomic E-state index is 12.1. The monoisotopic (exact) mass is 337 g/mol. The van der Waals surface area contributed by atoms with E-state index in [-0.39, 0.29) is 11.2 Å². The molecule has 1 aliphatic heterocycles. The Morgan fingerprint density at radius 2 is 2.00 bits per heavy atom. The van der Waals surface area contributed by atoms with Crippen LogP contribution in [-0.4, -0.2) is 34.1 Å². The molecule has 1 atom stereocenters. The fourth-order valence-corrected chi connectivity index (χ4v) is 3.95. The predicted octanol–water partition coefficient (Wildman–Crippen LogP) is 3.04. The largest absolute Gasteiger partial charge is 0.421 e. The molecule has 0 amide bonds. The Bertz CT molecular complexity index is 915. The van der Waals surface area contributed by atoms with Crippen LogP contribution >= 0.6 is 0 Å². The van der Waals surface area contributed by atoms with Gasteiger partial charge in [-0.1, -0.05) is 37.3 Å². The predicted molar refractivity (Wildman–Crippen MR) is 97.7 cm³/mol. The van der Waals surface area contributed by atoms with E-state index in [1.807, 2.05) is 0 Å². The molecule has 1 saturated heterocycles. The Labute approximate surface area is 146 Å². The summed E-state index contributed by atoms with van der Waals surface area (Å²) in [5, 5.41) is 0. The number of pyridine rings is 1. The van der Waals surface area contributed by atoms with Crippen LogP contribution in [0.15, 0.2) is 57.9 Å². The van der Waals surface area contributed by atoms with Crippen molar-refractivity contribution in [1.29, 1.82) is 0 Å². The average Bonchev–Trinajstić information content (AvgIpc) is 2.96. The van der Waals surface area contributed by atoms with Crippen LogP contribution in [0.5, 0.6) is 0 Å². The van der Waals surface area contributed by atoms with Crippen LogP contribution in [0.2, 0.25) is 0 Å². The normalized spacial score (nSPS) is 21.6. The van der Waals surface area contributed by atoms with E-state index in [0.29, 0.717) is 17.8 Å². The van der Waals surface area contributed by atoms with E-state index < -0.39 is 0 Å². The fourth-order valence-electron chi connectivity index (χ4n) is 3.95. The smallest absolute Gasteiger partial charge is 0.406 e. The second-order valence-electron chi connectivity index (χ2n) is 7.15. The molecule has 1 aliphatic rings. The summed E-state index contributed by atoms with van der Waals surface area (Å²) in [6.45, 7) is 5.85. The van der Waals surface area contributed by atoms with E-state index >= 15 is 0 Å². The van der Waals surface area contributed by atoms with Crippen LogP contribution in [0.3, 0.4) is 0 Å². The summed E-state index contributed by atoms with van der Waals surface area (Å²) >= 11 is 0. The number of nitrogens with zero attached hydrogens (tertiary/aromatic N) is 3. The van der Waals surface area contributed by atoms with Gasteiger partial charge in [-0.15, -0.1) is 0 Å². The molecule has 1 fully saturated rings. The van der Waals surface area contributed by atoms with Crippen LogP contribution in [0, 0.1) is 0 Å². The number of likely N-dealkylation sites (tertiary alicyclic amines) is 1. The molecule has 130 valence electrons. The molecule has 0 saturated carbocycles. The Morgan fingerprint density at radius 3 is 2.84 bits per heavy atom. The number of rotatable bonds is 4. The van der Waals surface area contributed by atoms with Crippen molar-refractivity contribution in [3.63, 3.8) is 0 Å². The van der Waals surface area contributed by atoms with Gasteiger partial charge in [-0.25, -0.2) is 9.78 Å². The van der Waals surface area contributed by atoms with Gasteiger partial charge in [0.05, 0.1) is 0 Å². The zero-order chi connectivity index (χ0) is 17.3. The fraction of sp³-hybridized carbons (Fsp3) is 0.400. The Hall–Kier alpha value is -2.40. The first-order valence-electron chi connectivity index (χ1n) is 8.88. The van der Waals surface area contributed by atoms with Crippen molar-refractivity contribution in [2.75, 3.05) is 19.6 Å². The van der Waals surface area contributed by atoms with E-state index in [0.717, 1.165) is 19.6 Å². The van der Waals surface area contributed by atoms with Crippen molar-refractivity contribution in [3.8, 4) is 0 Å². The van der Waals surface area contributed by atoms with E-state index in [9.17, 15) is 4.79 Å². The zero-order valence-electron chi connectivity index (χ0n) is 14.5. The second-order valence-corrected chi connectivity index (χ2v) is 7.15. The van der Waals surface area contributed by atoms with Crippen LogP contribution in [-0.2, 0) is 12.0 Å². The number of oxazole rings is 1. The van der Waals surface area contributed by atoms with Gasteiger partial charge in [0, 0.05) is 31.2 Å². The molecule has 3 heterocycles. The quantitative estimate of drug-likeness (QED) is 0.734. The molecule has 0 bridgehead atoms. The third kappa shape index (κ3) is 3.12. The van der Waals surface area contributed by atoms with Crippen LogP contribution in [0.4, 0.5) is 0 Å². The summed E-state index contributed by atoms with van der Waals surface area (Å²) in [6, 6.07) is 14.3. The lowest BCUT2D eigenvalue weighted by atomic mass is 9.76. The van der Waals surface area contributed by atoms with Crippen molar-refractivity contribution < 1.29 is 4.42 Å². The standard InChI is InChI=1S/C20H23N3O2/c1-20(16-7-3-2-4-8-16)10-6-12-22(15-20)13-14-23-18-17(25-19(23)24)9-5-11-21-18/h2-5,7-9,11H,6,10,12-15H2,1H3. The molecule has 0 spiro atoms.